The molecule has 68 valence electrons. The SMILES string of the molecule is CCCC[c-]1ccc(C(C)C)c1.[Li+]. The summed E-state index contributed by atoms with van der Waals surface area (Å²) in [6.45, 7) is 6.74. The molecule has 0 heterocycles. The van der Waals surface area contributed by atoms with Gasteiger partial charge < -0.3 is 0 Å². The molecule has 0 N–H and O–H groups in total. The van der Waals surface area contributed by atoms with Crippen molar-refractivity contribution in [2.45, 2.75) is 46.0 Å². The van der Waals surface area contributed by atoms with Gasteiger partial charge in [-0.1, -0.05) is 46.0 Å². The summed E-state index contributed by atoms with van der Waals surface area (Å²) in [7, 11) is 0. The molecule has 0 unspecified atom stereocenters. The summed E-state index contributed by atoms with van der Waals surface area (Å²) in [6, 6.07) is 6.88. The van der Waals surface area contributed by atoms with E-state index >= 15 is 0 Å². The van der Waals surface area contributed by atoms with Crippen molar-refractivity contribution >= 4 is 0 Å². The first-order valence-electron chi connectivity index (χ1n) is 4.99. The molecule has 1 aromatic rings. The molecule has 1 aromatic carbocycles. The van der Waals surface area contributed by atoms with Crippen molar-refractivity contribution in [1.29, 1.82) is 0 Å². The van der Waals surface area contributed by atoms with Crippen molar-refractivity contribution in [3.05, 3.63) is 29.3 Å². The molecule has 0 fully saturated rings. The molecular formula is C12H19Li. The van der Waals surface area contributed by atoms with E-state index in [1.165, 1.54) is 30.4 Å². The fraction of sp³-hybridized carbons (Fsp3) is 0.583. The summed E-state index contributed by atoms with van der Waals surface area (Å²) in [4.78, 5) is 0. The van der Waals surface area contributed by atoms with Crippen molar-refractivity contribution in [3.63, 3.8) is 0 Å². The van der Waals surface area contributed by atoms with E-state index in [1.807, 2.05) is 0 Å². The number of rotatable bonds is 4. The first-order chi connectivity index (χ1) is 5.74. The number of aryl methyl sites for hydroxylation is 1. The number of hydrogen-bond acceptors (Lipinski definition) is 0. The maximum absolute atomic E-state index is 2.35. The van der Waals surface area contributed by atoms with E-state index in [9.17, 15) is 0 Å². The van der Waals surface area contributed by atoms with E-state index in [0.717, 1.165) is 0 Å². The van der Waals surface area contributed by atoms with Gasteiger partial charge in [-0.2, -0.15) is 23.3 Å². The summed E-state index contributed by atoms with van der Waals surface area (Å²) < 4.78 is 0. The van der Waals surface area contributed by atoms with E-state index in [4.69, 9.17) is 0 Å². The van der Waals surface area contributed by atoms with Crippen LogP contribution >= 0.6 is 0 Å². The third-order valence-corrected chi connectivity index (χ3v) is 2.33. The van der Waals surface area contributed by atoms with Gasteiger partial charge >= 0.3 is 18.9 Å². The van der Waals surface area contributed by atoms with Crippen LogP contribution in [0.2, 0.25) is 0 Å². The van der Waals surface area contributed by atoms with Crippen LogP contribution in [-0.4, -0.2) is 0 Å². The third-order valence-electron chi connectivity index (χ3n) is 2.33. The Morgan fingerprint density at radius 2 is 2.08 bits per heavy atom. The second-order valence-corrected chi connectivity index (χ2v) is 3.81. The Bertz CT molecular complexity index is 223. The second kappa shape index (κ2) is 6.41. The molecular weight excluding hydrogens is 151 g/mol. The van der Waals surface area contributed by atoms with E-state index in [2.05, 4.69) is 39.0 Å². The first-order valence-corrected chi connectivity index (χ1v) is 4.99. The third kappa shape index (κ3) is 4.12. The molecule has 13 heavy (non-hydrogen) atoms. The van der Waals surface area contributed by atoms with Gasteiger partial charge in [0.05, 0.1) is 0 Å². The zero-order chi connectivity index (χ0) is 8.97. The predicted octanol–water partition coefficient (Wildman–Crippen LogP) is 0.875. The molecule has 0 amide bonds. The van der Waals surface area contributed by atoms with Gasteiger partial charge in [-0.15, -0.1) is 0 Å². The van der Waals surface area contributed by atoms with Crippen LogP contribution in [0.4, 0.5) is 0 Å². The van der Waals surface area contributed by atoms with Gasteiger partial charge in [-0.25, -0.2) is 6.07 Å². The zero-order valence-electron chi connectivity index (χ0n) is 9.43. The molecule has 1 rings (SSSR count). The molecule has 1 heteroatoms. The van der Waals surface area contributed by atoms with Gasteiger partial charge in [-0.05, 0) is 0 Å². The topological polar surface area (TPSA) is 0 Å². The van der Waals surface area contributed by atoms with Crippen molar-refractivity contribution in [1.82, 2.24) is 0 Å². The summed E-state index contributed by atoms with van der Waals surface area (Å²) in [6.07, 6.45) is 3.87. The minimum Gasteiger partial charge on any atom is -0.210 e. The summed E-state index contributed by atoms with van der Waals surface area (Å²) >= 11 is 0. The number of hydrogen-bond donors (Lipinski definition) is 0. The van der Waals surface area contributed by atoms with Gasteiger partial charge in [0, 0.05) is 0 Å². The number of unbranched alkanes of at least 4 members (excludes halogenated alkanes) is 1. The van der Waals surface area contributed by atoms with E-state index in [-0.39, 0.29) is 18.9 Å². The fourth-order valence-corrected chi connectivity index (χ4v) is 1.41. The van der Waals surface area contributed by atoms with Gasteiger partial charge in [0.1, 0.15) is 0 Å². The molecule has 0 aliphatic heterocycles. The van der Waals surface area contributed by atoms with Crippen LogP contribution in [0.3, 0.4) is 0 Å². The Kier molecular flexibility index (Phi) is 6.38. The maximum atomic E-state index is 2.35. The molecule has 0 nitrogen and oxygen atoms in total. The Balaban J connectivity index is 0.00000144. The largest absolute Gasteiger partial charge is 1.00 e. The summed E-state index contributed by atoms with van der Waals surface area (Å²) in [5.74, 6) is 0.681. The minimum atomic E-state index is 0. The summed E-state index contributed by atoms with van der Waals surface area (Å²) in [5, 5.41) is 0. The zero-order valence-corrected chi connectivity index (χ0v) is 9.43. The van der Waals surface area contributed by atoms with Crippen LogP contribution in [0.25, 0.3) is 0 Å². The normalized spacial score (nSPS) is 10.2. The van der Waals surface area contributed by atoms with Crippen molar-refractivity contribution < 1.29 is 18.9 Å². The van der Waals surface area contributed by atoms with Crippen LogP contribution in [0.5, 0.6) is 0 Å². The van der Waals surface area contributed by atoms with Crippen LogP contribution in [0, 0.1) is 0 Å². The minimum absolute atomic E-state index is 0. The Hall–Kier alpha value is -0.0526. The van der Waals surface area contributed by atoms with Crippen LogP contribution in [0.1, 0.15) is 50.7 Å². The van der Waals surface area contributed by atoms with Gasteiger partial charge in [0.2, 0.25) is 0 Å². The fourth-order valence-electron chi connectivity index (χ4n) is 1.41. The standard InChI is InChI=1S/C12H19.Li/c1-4-5-6-11-7-8-12(9-11)10(2)3;/h7-10H,4-6H2,1-3H3;/q-1;+1. The quantitative estimate of drug-likeness (QED) is 0.465. The molecule has 0 saturated heterocycles. The monoisotopic (exact) mass is 170 g/mol. The van der Waals surface area contributed by atoms with E-state index in [1.54, 1.807) is 0 Å². The predicted molar refractivity (Wildman–Crippen MR) is 54.7 cm³/mol. The molecule has 0 aliphatic rings. The van der Waals surface area contributed by atoms with Crippen LogP contribution < -0.4 is 18.9 Å². The second-order valence-electron chi connectivity index (χ2n) is 3.81. The van der Waals surface area contributed by atoms with Crippen LogP contribution in [0.15, 0.2) is 18.2 Å². The molecule has 0 radical (unpaired) electrons. The van der Waals surface area contributed by atoms with Gasteiger partial charge in [0.25, 0.3) is 0 Å². The molecule has 0 saturated carbocycles. The average Bonchev–Trinajstić information content (AvgIpc) is 2.48. The maximum Gasteiger partial charge on any atom is 1.00 e. The smallest absolute Gasteiger partial charge is 0.210 e. The Morgan fingerprint density at radius 1 is 1.38 bits per heavy atom. The molecule has 0 aliphatic carbocycles. The molecule has 0 atom stereocenters. The Labute approximate surface area is 94.3 Å². The van der Waals surface area contributed by atoms with Crippen molar-refractivity contribution in [2.24, 2.45) is 0 Å². The van der Waals surface area contributed by atoms with Crippen LogP contribution in [-0.2, 0) is 6.42 Å². The van der Waals surface area contributed by atoms with Gasteiger partial charge in [-0.3, -0.25) is 0 Å². The van der Waals surface area contributed by atoms with E-state index in [0.29, 0.717) is 5.92 Å². The van der Waals surface area contributed by atoms with Crippen molar-refractivity contribution in [2.75, 3.05) is 0 Å². The van der Waals surface area contributed by atoms with Crippen molar-refractivity contribution in [3.8, 4) is 0 Å². The summed E-state index contributed by atoms with van der Waals surface area (Å²) in [5.41, 5.74) is 3.00. The first kappa shape index (κ1) is 12.9. The average molecular weight is 170 g/mol. The van der Waals surface area contributed by atoms with Gasteiger partial charge in [0.15, 0.2) is 0 Å². The molecule has 0 aromatic heterocycles. The molecule has 0 spiro atoms. The van der Waals surface area contributed by atoms with E-state index < -0.39 is 0 Å². The Morgan fingerprint density at radius 3 is 2.54 bits per heavy atom. The molecule has 0 bridgehead atoms.